The average Bonchev–Trinajstić information content (AvgIpc) is 2.48. The number of nitrogens with zero attached hydrogens (tertiary/aromatic N) is 1. The summed E-state index contributed by atoms with van der Waals surface area (Å²) >= 11 is 0. The quantitative estimate of drug-likeness (QED) is 0.676. The largest absolute Gasteiger partial charge is 0.481 e. The molecule has 0 unspecified atom stereocenters. The van der Waals surface area contributed by atoms with Crippen LogP contribution in [0.4, 0.5) is 11.4 Å². The molecule has 2 rings (SSSR count). The molecule has 2 aromatic carbocycles. The second-order valence-corrected chi connectivity index (χ2v) is 4.37. The van der Waals surface area contributed by atoms with E-state index in [1.54, 1.807) is 37.3 Å². The van der Waals surface area contributed by atoms with Crippen LogP contribution in [0.3, 0.4) is 0 Å². The Kier molecular flexibility index (Phi) is 4.50. The third-order valence-electron chi connectivity index (χ3n) is 2.75. The molecule has 1 atom stereocenters. The topological polar surface area (TPSA) is 81.5 Å². The lowest BCUT2D eigenvalue weighted by molar-refractivity contribution is -0.384. The molecule has 2 aromatic rings. The Morgan fingerprint density at radius 1 is 1.19 bits per heavy atom. The normalized spacial score (nSPS) is 11.5. The van der Waals surface area contributed by atoms with Gasteiger partial charge in [0.2, 0.25) is 0 Å². The van der Waals surface area contributed by atoms with Gasteiger partial charge in [0.05, 0.1) is 4.92 Å². The number of hydrogen-bond donors (Lipinski definition) is 1. The van der Waals surface area contributed by atoms with Crippen LogP contribution in [0.5, 0.6) is 5.75 Å². The first-order valence-electron chi connectivity index (χ1n) is 6.33. The Labute approximate surface area is 121 Å². The van der Waals surface area contributed by atoms with Crippen LogP contribution in [0.15, 0.2) is 54.6 Å². The zero-order valence-electron chi connectivity index (χ0n) is 11.4. The number of non-ortho nitro benzene ring substituents is 1. The van der Waals surface area contributed by atoms with Gasteiger partial charge in [-0.15, -0.1) is 0 Å². The summed E-state index contributed by atoms with van der Waals surface area (Å²) in [5, 5.41) is 13.3. The first-order chi connectivity index (χ1) is 10.1. The van der Waals surface area contributed by atoms with E-state index in [4.69, 9.17) is 4.74 Å². The maximum absolute atomic E-state index is 12.0. The number of carbonyl (C=O) groups is 1. The Balaban J connectivity index is 2.00. The molecule has 6 heteroatoms. The summed E-state index contributed by atoms with van der Waals surface area (Å²) < 4.78 is 5.48. The highest BCUT2D eigenvalue weighted by atomic mass is 16.6. The molecule has 0 aromatic heterocycles. The van der Waals surface area contributed by atoms with Crippen LogP contribution < -0.4 is 10.1 Å². The van der Waals surface area contributed by atoms with E-state index in [1.165, 1.54) is 18.2 Å². The summed E-state index contributed by atoms with van der Waals surface area (Å²) in [5.74, 6) is 0.207. The fraction of sp³-hybridized carbons (Fsp3) is 0.133. The molecule has 108 valence electrons. The van der Waals surface area contributed by atoms with E-state index < -0.39 is 11.0 Å². The standard InChI is InChI=1S/C15H14N2O4/c1-11(21-14-8-3-2-4-9-14)15(18)16-12-6-5-7-13(10-12)17(19)20/h2-11H,1H3,(H,16,18)/t11-/m0/s1. The smallest absolute Gasteiger partial charge is 0.271 e. The van der Waals surface area contributed by atoms with E-state index in [0.29, 0.717) is 11.4 Å². The highest BCUT2D eigenvalue weighted by molar-refractivity contribution is 5.94. The van der Waals surface area contributed by atoms with Gasteiger partial charge >= 0.3 is 0 Å². The van der Waals surface area contributed by atoms with Gasteiger partial charge in [-0.05, 0) is 25.1 Å². The first kappa shape index (κ1) is 14.5. The van der Waals surface area contributed by atoms with Crippen molar-refractivity contribution >= 4 is 17.3 Å². The van der Waals surface area contributed by atoms with E-state index in [0.717, 1.165) is 0 Å². The van der Waals surface area contributed by atoms with E-state index in [9.17, 15) is 14.9 Å². The van der Waals surface area contributed by atoms with Crippen LogP contribution in [0.1, 0.15) is 6.92 Å². The van der Waals surface area contributed by atoms with Gasteiger partial charge in [-0.1, -0.05) is 24.3 Å². The van der Waals surface area contributed by atoms with Gasteiger partial charge in [0.1, 0.15) is 5.75 Å². The number of nitro benzene ring substituents is 1. The molecule has 0 saturated carbocycles. The fourth-order valence-electron chi connectivity index (χ4n) is 1.70. The van der Waals surface area contributed by atoms with E-state index in [2.05, 4.69) is 5.32 Å². The van der Waals surface area contributed by atoms with Crippen molar-refractivity contribution in [3.05, 3.63) is 64.7 Å². The first-order valence-corrected chi connectivity index (χ1v) is 6.33. The summed E-state index contributed by atoms with van der Waals surface area (Å²) in [5.41, 5.74) is 0.280. The number of amides is 1. The molecule has 0 radical (unpaired) electrons. The number of benzene rings is 2. The minimum absolute atomic E-state index is 0.0792. The fourth-order valence-corrected chi connectivity index (χ4v) is 1.70. The molecule has 0 saturated heterocycles. The van der Waals surface area contributed by atoms with Crippen molar-refractivity contribution in [1.29, 1.82) is 0 Å². The van der Waals surface area contributed by atoms with Crippen molar-refractivity contribution in [3.63, 3.8) is 0 Å². The lowest BCUT2D eigenvalue weighted by Crippen LogP contribution is -2.30. The van der Waals surface area contributed by atoms with Crippen LogP contribution in [-0.4, -0.2) is 16.9 Å². The number of rotatable bonds is 5. The van der Waals surface area contributed by atoms with Crippen molar-refractivity contribution in [2.24, 2.45) is 0 Å². The molecule has 6 nitrogen and oxygen atoms in total. The molecule has 0 bridgehead atoms. The lowest BCUT2D eigenvalue weighted by Gasteiger charge is -2.14. The number of carbonyl (C=O) groups excluding carboxylic acids is 1. The number of hydrogen-bond acceptors (Lipinski definition) is 4. The Bertz CT molecular complexity index is 643. The highest BCUT2D eigenvalue weighted by Crippen LogP contribution is 2.18. The van der Waals surface area contributed by atoms with Crippen molar-refractivity contribution in [1.82, 2.24) is 0 Å². The van der Waals surface area contributed by atoms with Crippen LogP contribution in [-0.2, 0) is 4.79 Å². The van der Waals surface area contributed by atoms with Crippen LogP contribution in [0, 0.1) is 10.1 Å². The molecular formula is C15H14N2O4. The molecule has 21 heavy (non-hydrogen) atoms. The van der Waals surface area contributed by atoms with Crippen LogP contribution in [0.25, 0.3) is 0 Å². The molecule has 1 amide bonds. The second kappa shape index (κ2) is 6.51. The average molecular weight is 286 g/mol. The molecule has 0 aliphatic heterocycles. The monoisotopic (exact) mass is 286 g/mol. The van der Waals surface area contributed by atoms with E-state index in [1.807, 2.05) is 6.07 Å². The second-order valence-electron chi connectivity index (χ2n) is 4.37. The number of nitrogens with one attached hydrogen (secondary N) is 1. The molecule has 1 N–H and O–H groups in total. The highest BCUT2D eigenvalue weighted by Gasteiger charge is 2.16. The van der Waals surface area contributed by atoms with Crippen molar-refractivity contribution in [3.8, 4) is 5.75 Å². The van der Waals surface area contributed by atoms with Crippen molar-refractivity contribution in [2.45, 2.75) is 13.0 Å². The predicted octanol–water partition coefficient (Wildman–Crippen LogP) is 3.00. The summed E-state index contributed by atoms with van der Waals surface area (Å²) in [4.78, 5) is 22.2. The minimum Gasteiger partial charge on any atom is -0.481 e. The minimum atomic E-state index is -0.716. The van der Waals surface area contributed by atoms with Gasteiger partial charge in [-0.3, -0.25) is 14.9 Å². The van der Waals surface area contributed by atoms with Gasteiger partial charge in [-0.25, -0.2) is 0 Å². The summed E-state index contributed by atoms with van der Waals surface area (Å²) in [6.45, 7) is 1.61. The zero-order valence-corrected chi connectivity index (χ0v) is 11.4. The third-order valence-corrected chi connectivity index (χ3v) is 2.75. The van der Waals surface area contributed by atoms with Gasteiger partial charge in [-0.2, -0.15) is 0 Å². The third kappa shape index (κ3) is 4.04. The number of para-hydroxylation sites is 1. The zero-order chi connectivity index (χ0) is 15.2. The van der Waals surface area contributed by atoms with Gasteiger partial charge in [0.25, 0.3) is 11.6 Å². The molecule has 0 spiro atoms. The molecule has 0 aliphatic rings. The molecule has 0 heterocycles. The van der Waals surface area contributed by atoms with E-state index in [-0.39, 0.29) is 11.6 Å². The molecular weight excluding hydrogens is 272 g/mol. The summed E-state index contributed by atoms with van der Waals surface area (Å²) in [6.07, 6.45) is -0.716. The SMILES string of the molecule is C[C@H](Oc1ccccc1)C(=O)Nc1cccc([N+](=O)[O-])c1. The van der Waals surface area contributed by atoms with Crippen molar-refractivity contribution < 1.29 is 14.5 Å². The Morgan fingerprint density at radius 3 is 2.57 bits per heavy atom. The van der Waals surface area contributed by atoms with Crippen LogP contribution >= 0.6 is 0 Å². The summed E-state index contributed by atoms with van der Waals surface area (Å²) in [7, 11) is 0. The maximum atomic E-state index is 12.0. The lowest BCUT2D eigenvalue weighted by atomic mass is 10.2. The molecule has 0 aliphatic carbocycles. The maximum Gasteiger partial charge on any atom is 0.271 e. The van der Waals surface area contributed by atoms with Crippen LogP contribution in [0.2, 0.25) is 0 Å². The number of nitro groups is 1. The van der Waals surface area contributed by atoms with Crippen molar-refractivity contribution in [2.75, 3.05) is 5.32 Å². The van der Waals surface area contributed by atoms with Gasteiger partial charge in [0.15, 0.2) is 6.10 Å². The predicted molar refractivity (Wildman–Crippen MR) is 78.3 cm³/mol. The van der Waals surface area contributed by atoms with Gasteiger partial charge < -0.3 is 10.1 Å². The Hall–Kier alpha value is -2.89. The summed E-state index contributed by atoms with van der Waals surface area (Å²) in [6, 6.07) is 14.7. The molecule has 0 fully saturated rings. The Morgan fingerprint density at radius 2 is 1.90 bits per heavy atom. The number of ether oxygens (including phenoxy) is 1. The number of anilines is 1. The van der Waals surface area contributed by atoms with Gasteiger partial charge in [0, 0.05) is 17.8 Å². The van der Waals surface area contributed by atoms with E-state index >= 15 is 0 Å².